The number of rotatable bonds is 0. The quantitative estimate of drug-likeness (QED) is 0.486. The first-order valence-corrected chi connectivity index (χ1v) is 4.09. The summed E-state index contributed by atoms with van der Waals surface area (Å²) in [7, 11) is 0. The molecule has 0 saturated heterocycles. The van der Waals surface area contributed by atoms with Crippen molar-refractivity contribution >= 4 is 0 Å². The fourth-order valence-corrected chi connectivity index (χ4v) is 2.59. The van der Waals surface area contributed by atoms with Crippen molar-refractivity contribution in [1.29, 1.82) is 0 Å². The first-order valence-electron chi connectivity index (χ1n) is 4.09. The fraction of sp³-hybridized carbons (Fsp3) is 1.00. The summed E-state index contributed by atoms with van der Waals surface area (Å²) >= 11 is 0. The van der Waals surface area contributed by atoms with Crippen LogP contribution in [0.5, 0.6) is 0 Å². The SMILES string of the molecule is CC1(C)C2N=NC3(CC3)C21. The maximum Gasteiger partial charge on any atom is 0.0873 e. The standard InChI is InChI=1S/C8H12N2/c1-7(2)5-6(7)9-10-8(5)3-4-8/h5-6H,3-4H2,1-2H3. The summed E-state index contributed by atoms with van der Waals surface area (Å²) in [4.78, 5) is 0. The van der Waals surface area contributed by atoms with Crippen LogP contribution in [-0.4, -0.2) is 11.6 Å². The second-order valence-corrected chi connectivity index (χ2v) is 4.56. The Morgan fingerprint density at radius 1 is 1.30 bits per heavy atom. The lowest BCUT2D eigenvalue weighted by molar-refractivity contribution is 0.448. The molecule has 2 atom stereocenters. The third kappa shape index (κ3) is 0.354. The molecule has 0 N–H and O–H groups in total. The predicted molar refractivity (Wildman–Crippen MR) is 37.9 cm³/mol. The lowest BCUT2D eigenvalue weighted by atomic mass is 10.0. The molecule has 1 heterocycles. The molecule has 2 heteroatoms. The average molecular weight is 136 g/mol. The van der Waals surface area contributed by atoms with E-state index in [9.17, 15) is 0 Å². The van der Waals surface area contributed by atoms with Gasteiger partial charge in [-0.1, -0.05) is 13.8 Å². The lowest BCUT2D eigenvalue weighted by Crippen LogP contribution is -2.10. The van der Waals surface area contributed by atoms with Gasteiger partial charge in [-0.3, -0.25) is 0 Å². The molecular weight excluding hydrogens is 124 g/mol. The highest BCUT2D eigenvalue weighted by Crippen LogP contribution is 2.71. The molecular formula is C8H12N2. The molecule has 0 aromatic carbocycles. The predicted octanol–water partition coefficient (Wildman–Crippen LogP) is 2.01. The highest BCUT2D eigenvalue weighted by molar-refractivity contribution is 5.29. The van der Waals surface area contributed by atoms with Gasteiger partial charge in [0.2, 0.25) is 0 Å². The van der Waals surface area contributed by atoms with E-state index in [1.807, 2.05) is 0 Å². The molecule has 2 saturated carbocycles. The Labute approximate surface area is 60.7 Å². The van der Waals surface area contributed by atoms with Gasteiger partial charge in [-0.2, -0.15) is 10.2 Å². The number of azo groups is 1. The van der Waals surface area contributed by atoms with Gasteiger partial charge in [0.15, 0.2) is 0 Å². The second kappa shape index (κ2) is 1.06. The first kappa shape index (κ1) is 5.28. The Morgan fingerprint density at radius 3 is 2.30 bits per heavy atom. The van der Waals surface area contributed by atoms with Crippen molar-refractivity contribution in [3.8, 4) is 0 Å². The summed E-state index contributed by atoms with van der Waals surface area (Å²) in [6.45, 7) is 4.64. The van der Waals surface area contributed by atoms with Crippen LogP contribution in [-0.2, 0) is 0 Å². The normalized spacial score (nSPS) is 49.4. The molecule has 0 aromatic heterocycles. The van der Waals surface area contributed by atoms with Gasteiger partial charge in [0.05, 0.1) is 11.6 Å². The topological polar surface area (TPSA) is 24.7 Å². The van der Waals surface area contributed by atoms with Crippen LogP contribution in [0.1, 0.15) is 26.7 Å². The van der Waals surface area contributed by atoms with Crippen molar-refractivity contribution in [2.45, 2.75) is 38.3 Å². The monoisotopic (exact) mass is 136 g/mol. The van der Waals surface area contributed by atoms with Crippen LogP contribution >= 0.6 is 0 Å². The molecule has 0 aromatic rings. The summed E-state index contributed by atoms with van der Waals surface area (Å²) in [6.07, 6.45) is 2.61. The van der Waals surface area contributed by atoms with Crippen LogP contribution in [0.3, 0.4) is 0 Å². The Hall–Kier alpha value is -0.400. The number of nitrogens with zero attached hydrogens (tertiary/aromatic N) is 2. The zero-order valence-corrected chi connectivity index (χ0v) is 6.46. The van der Waals surface area contributed by atoms with Crippen LogP contribution in [0.15, 0.2) is 10.2 Å². The highest BCUT2D eigenvalue weighted by atomic mass is 15.3. The molecule has 10 heavy (non-hydrogen) atoms. The van der Waals surface area contributed by atoms with E-state index in [0.29, 0.717) is 17.0 Å². The largest absolute Gasteiger partial charge is 0.189 e. The molecule has 3 rings (SSSR count). The van der Waals surface area contributed by atoms with Gasteiger partial charge in [-0.25, -0.2) is 0 Å². The van der Waals surface area contributed by atoms with Gasteiger partial charge in [-0.15, -0.1) is 0 Å². The molecule has 2 unspecified atom stereocenters. The third-order valence-electron chi connectivity index (χ3n) is 3.49. The van der Waals surface area contributed by atoms with Crippen molar-refractivity contribution in [3.05, 3.63) is 0 Å². The Morgan fingerprint density at radius 2 is 2.00 bits per heavy atom. The van der Waals surface area contributed by atoms with Crippen LogP contribution in [0.2, 0.25) is 0 Å². The van der Waals surface area contributed by atoms with Gasteiger partial charge in [0, 0.05) is 5.92 Å². The van der Waals surface area contributed by atoms with Crippen LogP contribution in [0.4, 0.5) is 0 Å². The van der Waals surface area contributed by atoms with Gasteiger partial charge >= 0.3 is 0 Å². The van der Waals surface area contributed by atoms with Gasteiger partial charge in [-0.05, 0) is 18.3 Å². The summed E-state index contributed by atoms with van der Waals surface area (Å²) < 4.78 is 0. The van der Waals surface area contributed by atoms with E-state index >= 15 is 0 Å². The first-order chi connectivity index (χ1) is 4.67. The van der Waals surface area contributed by atoms with Crippen LogP contribution < -0.4 is 0 Å². The fourth-order valence-electron chi connectivity index (χ4n) is 2.59. The summed E-state index contributed by atoms with van der Waals surface area (Å²) in [5.74, 6) is 0.819. The van der Waals surface area contributed by atoms with Crippen molar-refractivity contribution in [2.75, 3.05) is 0 Å². The van der Waals surface area contributed by atoms with Crippen molar-refractivity contribution in [3.63, 3.8) is 0 Å². The van der Waals surface area contributed by atoms with Gasteiger partial charge < -0.3 is 0 Å². The maximum absolute atomic E-state index is 4.33. The zero-order valence-electron chi connectivity index (χ0n) is 6.46. The molecule has 2 fully saturated rings. The molecule has 3 aliphatic rings. The van der Waals surface area contributed by atoms with E-state index in [-0.39, 0.29) is 0 Å². The number of hydrogen-bond acceptors (Lipinski definition) is 2. The lowest BCUT2D eigenvalue weighted by Gasteiger charge is -2.08. The second-order valence-electron chi connectivity index (χ2n) is 4.56. The van der Waals surface area contributed by atoms with Crippen molar-refractivity contribution < 1.29 is 0 Å². The molecule has 1 spiro atoms. The van der Waals surface area contributed by atoms with Crippen molar-refractivity contribution in [1.82, 2.24) is 0 Å². The summed E-state index contributed by atoms with van der Waals surface area (Å²) in [5, 5.41) is 8.63. The Bertz CT molecular complexity index is 225. The molecule has 2 aliphatic carbocycles. The minimum Gasteiger partial charge on any atom is -0.189 e. The molecule has 0 amide bonds. The number of fused-ring (bicyclic) bond motifs is 2. The average Bonchev–Trinajstić information content (AvgIpc) is 2.53. The van der Waals surface area contributed by atoms with E-state index in [0.717, 1.165) is 5.92 Å². The van der Waals surface area contributed by atoms with Crippen molar-refractivity contribution in [2.24, 2.45) is 21.6 Å². The minimum absolute atomic E-state index is 0.369. The zero-order chi connectivity index (χ0) is 6.98. The molecule has 54 valence electrons. The Kier molecular flexibility index (Phi) is 0.562. The van der Waals surface area contributed by atoms with E-state index in [1.54, 1.807) is 0 Å². The van der Waals surface area contributed by atoms with Crippen LogP contribution in [0.25, 0.3) is 0 Å². The summed E-state index contributed by atoms with van der Waals surface area (Å²) in [6, 6.07) is 0.593. The van der Waals surface area contributed by atoms with Crippen LogP contribution in [0, 0.1) is 11.3 Å². The smallest absolute Gasteiger partial charge is 0.0873 e. The molecule has 2 nitrogen and oxygen atoms in total. The molecule has 1 aliphatic heterocycles. The third-order valence-corrected chi connectivity index (χ3v) is 3.49. The Balaban J connectivity index is 2.03. The van der Waals surface area contributed by atoms with E-state index in [4.69, 9.17) is 0 Å². The minimum atomic E-state index is 0.369. The highest BCUT2D eigenvalue weighted by Gasteiger charge is 2.75. The molecule has 0 bridgehead atoms. The van der Waals surface area contributed by atoms with Gasteiger partial charge in [0.1, 0.15) is 0 Å². The van der Waals surface area contributed by atoms with E-state index in [2.05, 4.69) is 24.1 Å². The van der Waals surface area contributed by atoms with Gasteiger partial charge in [0.25, 0.3) is 0 Å². The summed E-state index contributed by atoms with van der Waals surface area (Å²) in [5.41, 5.74) is 0.867. The molecule has 0 radical (unpaired) electrons. The number of hydrogen-bond donors (Lipinski definition) is 0. The van der Waals surface area contributed by atoms with E-state index in [1.165, 1.54) is 12.8 Å². The maximum atomic E-state index is 4.33. The van der Waals surface area contributed by atoms with E-state index < -0.39 is 0 Å².